The van der Waals surface area contributed by atoms with Crippen LogP contribution in [0.1, 0.15) is 105 Å². The number of nitrogens with zero attached hydrogens (tertiary/aromatic N) is 1. The molecule has 1 saturated heterocycles. The minimum Gasteiger partial charge on any atom is -0.317 e. The van der Waals surface area contributed by atoms with Crippen molar-refractivity contribution >= 4 is 0 Å². The van der Waals surface area contributed by atoms with E-state index in [0.717, 1.165) is 12.6 Å². The SMILES string of the molecule is CCCCCCCC(CCCCC)N1CC(CC)(CCNCC)C1. The molecule has 1 fully saturated rings. The van der Waals surface area contributed by atoms with Crippen molar-refractivity contribution in [3.63, 3.8) is 0 Å². The van der Waals surface area contributed by atoms with Crippen molar-refractivity contribution in [2.45, 2.75) is 111 Å². The highest BCUT2D eigenvalue weighted by molar-refractivity contribution is 4.97. The van der Waals surface area contributed by atoms with Crippen molar-refractivity contribution < 1.29 is 0 Å². The van der Waals surface area contributed by atoms with Gasteiger partial charge in [0.15, 0.2) is 0 Å². The second kappa shape index (κ2) is 13.2. The summed E-state index contributed by atoms with van der Waals surface area (Å²) in [6.07, 6.45) is 16.9. The molecule has 1 heterocycles. The standard InChI is InChI=1S/C22H46N2/c1-5-9-11-12-14-16-21(15-13-10-6-2)24-19-22(7-3,20-24)17-18-23-8-4/h21,23H,5-20H2,1-4H3. The molecule has 0 bridgehead atoms. The van der Waals surface area contributed by atoms with Crippen molar-refractivity contribution in [1.82, 2.24) is 10.2 Å². The molecule has 1 unspecified atom stereocenters. The zero-order chi connectivity index (χ0) is 17.7. The van der Waals surface area contributed by atoms with Crippen molar-refractivity contribution in [2.24, 2.45) is 5.41 Å². The average molecular weight is 339 g/mol. The summed E-state index contributed by atoms with van der Waals surface area (Å²) >= 11 is 0. The topological polar surface area (TPSA) is 15.3 Å². The first kappa shape index (κ1) is 22.0. The van der Waals surface area contributed by atoms with Gasteiger partial charge in [0.05, 0.1) is 0 Å². The van der Waals surface area contributed by atoms with Crippen LogP contribution in [0.5, 0.6) is 0 Å². The Morgan fingerprint density at radius 1 is 0.833 bits per heavy atom. The van der Waals surface area contributed by atoms with Crippen LogP contribution in [-0.2, 0) is 0 Å². The van der Waals surface area contributed by atoms with E-state index in [1.807, 2.05) is 0 Å². The highest BCUT2D eigenvalue weighted by Gasteiger charge is 2.43. The monoisotopic (exact) mass is 338 g/mol. The molecule has 0 aliphatic carbocycles. The van der Waals surface area contributed by atoms with Gasteiger partial charge in [-0.25, -0.2) is 0 Å². The smallest absolute Gasteiger partial charge is 0.00957 e. The van der Waals surface area contributed by atoms with Crippen LogP contribution in [0.3, 0.4) is 0 Å². The first-order chi connectivity index (χ1) is 11.7. The number of hydrogen-bond acceptors (Lipinski definition) is 2. The lowest BCUT2D eigenvalue weighted by Crippen LogP contribution is -2.60. The van der Waals surface area contributed by atoms with Gasteiger partial charge in [0.2, 0.25) is 0 Å². The first-order valence-electron chi connectivity index (χ1n) is 11.2. The van der Waals surface area contributed by atoms with E-state index >= 15 is 0 Å². The highest BCUT2D eigenvalue weighted by Crippen LogP contribution is 2.39. The lowest BCUT2D eigenvalue weighted by Gasteiger charge is -2.54. The summed E-state index contributed by atoms with van der Waals surface area (Å²) in [4.78, 5) is 2.84. The second-order valence-electron chi connectivity index (χ2n) is 8.21. The van der Waals surface area contributed by atoms with Crippen LogP contribution in [0.4, 0.5) is 0 Å². The van der Waals surface area contributed by atoms with E-state index in [1.54, 1.807) is 0 Å². The zero-order valence-electron chi connectivity index (χ0n) is 17.3. The summed E-state index contributed by atoms with van der Waals surface area (Å²) in [7, 11) is 0. The molecule has 1 rings (SSSR count). The molecule has 0 radical (unpaired) electrons. The van der Waals surface area contributed by atoms with E-state index in [-0.39, 0.29) is 0 Å². The quantitative estimate of drug-likeness (QED) is 0.347. The van der Waals surface area contributed by atoms with Crippen molar-refractivity contribution in [3.05, 3.63) is 0 Å². The minimum absolute atomic E-state index is 0.618. The summed E-state index contributed by atoms with van der Waals surface area (Å²) in [5, 5.41) is 3.53. The van der Waals surface area contributed by atoms with Crippen LogP contribution in [0.15, 0.2) is 0 Å². The molecular formula is C22H46N2. The van der Waals surface area contributed by atoms with Gasteiger partial charge in [-0.1, -0.05) is 79.1 Å². The molecule has 1 atom stereocenters. The molecule has 0 aromatic heterocycles. The Balaban J connectivity index is 2.37. The third-order valence-electron chi connectivity index (χ3n) is 6.21. The largest absolute Gasteiger partial charge is 0.317 e. The van der Waals surface area contributed by atoms with Crippen LogP contribution < -0.4 is 5.32 Å². The lowest BCUT2D eigenvalue weighted by atomic mass is 9.73. The number of likely N-dealkylation sites (tertiary alicyclic amines) is 1. The molecule has 1 aliphatic rings. The molecule has 0 saturated carbocycles. The van der Waals surface area contributed by atoms with Gasteiger partial charge in [0.1, 0.15) is 0 Å². The highest BCUT2D eigenvalue weighted by atomic mass is 15.2. The minimum atomic E-state index is 0.618. The fraction of sp³-hybridized carbons (Fsp3) is 1.00. The zero-order valence-corrected chi connectivity index (χ0v) is 17.3. The summed E-state index contributed by atoms with van der Waals surface area (Å²) < 4.78 is 0. The molecule has 1 N–H and O–H groups in total. The van der Waals surface area contributed by atoms with Crippen LogP contribution in [0.25, 0.3) is 0 Å². The van der Waals surface area contributed by atoms with Crippen molar-refractivity contribution in [1.29, 1.82) is 0 Å². The van der Waals surface area contributed by atoms with Gasteiger partial charge in [-0.2, -0.15) is 0 Å². The van der Waals surface area contributed by atoms with E-state index in [1.165, 1.54) is 96.7 Å². The van der Waals surface area contributed by atoms with Gasteiger partial charge < -0.3 is 5.32 Å². The molecule has 2 heteroatoms. The summed E-state index contributed by atoms with van der Waals surface area (Å²) in [5.41, 5.74) is 0.618. The third-order valence-corrected chi connectivity index (χ3v) is 6.21. The summed E-state index contributed by atoms with van der Waals surface area (Å²) in [6.45, 7) is 14.3. The van der Waals surface area contributed by atoms with E-state index in [9.17, 15) is 0 Å². The van der Waals surface area contributed by atoms with Crippen LogP contribution in [0.2, 0.25) is 0 Å². The molecule has 2 nitrogen and oxygen atoms in total. The maximum Gasteiger partial charge on any atom is 0.00957 e. The van der Waals surface area contributed by atoms with E-state index in [4.69, 9.17) is 0 Å². The van der Waals surface area contributed by atoms with Gasteiger partial charge in [-0.3, -0.25) is 4.90 Å². The fourth-order valence-electron chi connectivity index (χ4n) is 4.29. The van der Waals surface area contributed by atoms with Gasteiger partial charge >= 0.3 is 0 Å². The molecule has 0 amide bonds. The maximum absolute atomic E-state index is 3.53. The Morgan fingerprint density at radius 3 is 2.00 bits per heavy atom. The summed E-state index contributed by atoms with van der Waals surface area (Å²) in [5.74, 6) is 0. The predicted molar refractivity (Wildman–Crippen MR) is 109 cm³/mol. The first-order valence-corrected chi connectivity index (χ1v) is 11.2. The molecule has 24 heavy (non-hydrogen) atoms. The molecule has 0 aromatic rings. The number of rotatable bonds is 16. The molecule has 1 aliphatic heterocycles. The van der Waals surface area contributed by atoms with Crippen LogP contribution in [-0.4, -0.2) is 37.1 Å². The predicted octanol–water partition coefficient (Wildman–Crippen LogP) is 6.01. The maximum atomic E-state index is 3.53. The number of hydrogen-bond donors (Lipinski definition) is 1. The second-order valence-corrected chi connectivity index (χ2v) is 8.21. The fourth-order valence-corrected chi connectivity index (χ4v) is 4.29. The normalized spacial score (nSPS) is 18.5. The lowest BCUT2D eigenvalue weighted by molar-refractivity contribution is -0.0449. The van der Waals surface area contributed by atoms with E-state index < -0.39 is 0 Å². The number of unbranched alkanes of at least 4 members (excludes halogenated alkanes) is 6. The molecule has 0 spiro atoms. The van der Waals surface area contributed by atoms with Crippen molar-refractivity contribution in [2.75, 3.05) is 26.2 Å². The van der Waals surface area contributed by atoms with Gasteiger partial charge in [-0.05, 0) is 44.2 Å². The van der Waals surface area contributed by atoms with E-state index in [2.05, 4.69) is 37.9 Å². The Morgan fingerprint density at radius 2 is 1.42 bits per heavy atom. The molecular weight excluding hydrogens is 292 g/mol. The Hall–Kier alpha value is -0.0800. The van der Waals surface area contributed by atoms with Gasteiger partial charge in [-0.15, -0.1) is 0 Å². The van der Waals surface area contributed by atoms with Gasteiger partial charge in [0, 0.05) is 19.1 Å². The van der Waals surface area contributed by atoms with Crippen LogP contribution in [0, 0.1) is 5.41 Å². The molecule has 144 valence electrons. The molecule has 0 aromatic carbocycles. The number of nitrogens with one attached hydrogen (secondary N) is 1. The Bertz CT molecular complexity index is 284. The third kappa shape index (κ3) is 7.87. The summed E-state index contributed by atoms with van der Waals surface area (Å²) in [6, 6.07) is 0.872. The Kier molecular flexibility index (Phi) is 12.0. The average Bonchev–Trinajstić information content (AvgIpc) is 2.56. The van der Waals surface area contributed by atoms with Crippen LogP contribution >= 0.6 is 0 Å². The Labute approximate surface area is 153 Å². The van der Waals surface area contributed by atoms with E-state index in [0.29, 0.717) is 5.41 Å². The van der Waals surface area contributed by atoms with Crippen molar-refractivity contribution in [3.8, 4) is 0 Å². The van der Waals surface area contributed by atoms with Gasteiger partial charge in [0.25, 0.3) is 0 Å².